The number of carbonyl (C=O) groups excluding carboxylic acids is 3. The van der Waals surface area contributed by atoms with Gasteiger partial charge in [0.1, 0.15) is 0 Å². The van der Waals surface area contributed by atoms with E-state index in [1.165, 1.54) is 4.90 Å². The van der Waals surface area contributed by atoms with E-state index < -0.39 is 0 Å². The molecule has 0 aromatic heterocycles. The fraction of sp³-hybridized carbons (Fsp3) is 0.286. The predicted molar refractivity (Wildman–Crippen MR) is 100 cm³/mol. The van der Waals surface area contributed by atoms with Crippen molar-refractivity contribution < 1.29 is 14.4 Å². The first-order chi connectivity index (χ1) is 13.1. The second-order valence-corrected chi connectivity index (χ2v) is 6.99. The van der Waals surface area contributed by atoms with Gasteiger partial charge in [0, 0.05) is 31.2 Å². The highest BCUT2D eigenvalue weighted by atomic mass is 16.2. The maximum absolute atomic E-state index is 12.9. The zero-order chi connectivity index (χ0) is 19.0. The van der Waals surface area contributed by atoms with Crippen LogP contribution in [0.5, 0.6) is 0 Å². The van der Waals surface area contributed by atoms with Gasteiger partial charge in [0.2, 0.25) is 0 Å². The number of nitrogens with one attached hydrogen (secondary N) is 1. The van der Waals surface area contributed by atoms with Crippen LogP contribution in [0.15, 0.2) is 48.5 Å². The highest BCUT2D eigenvalue weighted by Crippen LogP contribution is 2.24. The fourth-order valence-corrected chi connectivity index (χ4v) is 3.68. The minimum absolute atomic E-state index is 0.0202. The van der Waals surface area contributed by atoms with Crippen molar-refractivity contribution in [1.29, 1.82) is 0 Å². The van der Waals surface area contributed by atoms with Crippen LogP contribution in [-0.4, -0.2) is 53.2 Å². The first-order valence-corrected chi connectivity index (χ1v) is 9.12. The lowest BCUT2D eigenvalue weighted by Crippen LogP contribution is -2.52. The first kappa shape index (κ1) is 17.4. The van der Waals surface area contributed by atoms with Crippen LogP contribution in [-0.2, 0) is 6.54 Å². The number of benzene rings is 2. The first-order valence-electron chi connectivity index (χ1n) is 9.12. The van der Waals surface area contributed by atoms with Crippen LogP contribution in [0.2, 0.25) is 0 Å². The van der Waals surface area contributed by atoms with E-state index in [9.17, 15) is 14.4 Å². The number of hydrogen-bond acceptors (Lipinski definition) is 4. The summed E-state index contributed by atoms with van der Waals surface area (Å²) in [5.41, 5.74) is 2.21. The smallest absolute Gasteiger partial charge is 0.261 e. The summed E-state index contributed by atoms with van der Waals surface area (Å²) in [7, 11) is 0. The van der Waals surface area contributed by atoms with Crippen LogP contribution < -0.4 is 5.32 Å². The molecule has 3 amide bonds. The molecule has 4 rings (SSSR count). The number of nitrogens with zero attached hydrogens (tertiary/aromatic N) is 2. The third kappa shape index (κ3) is 3.13. The summed E-state index contributed by atoms with van der Waals surface area (Å²) in [6.07, 6.45) is 0. The molecule has 0 saturated carbocycles. The van der Waals surface area contributed by atoms with Gasteiger partial charge in [0.15, 0.2) is 0 Å². The molecule has 0 unspecified atom stereocenters. The maximum atomic E-state index is 12.9. The molecule has 6 heteroatoms. The minimum atomic E-state index is -0.289. The molecule has 1 atom stereocenters. The Balaban J connectivity index is 1.55. The molecule has 6 nitrogen and oxygen atoms in total. The molecule has 0 spiro atoms. The molecular formula is C21H21N3O3. The van der Waals surface area contributed by atoms with Crippen molar-refractivity contribution in [2.24, 2.45) is 0 Å². The van der Waals surface area contributed by atoms with Crippen molar-refractivity contribution in [2.75, 3.05) is 19.6 Å². The van der Waals surface area contributed by atoms with Gasteiger partial charge in [0.25, 0.3) is 17.7 Å². The van der Waals surface area contributed by atoms with Crippen molar-refractivity contribution >= 4 is 17.7 Å². The van der Waals surface area contributed by atoms with Gasteiger partial charge in [-0.1, -0.05) is 24.3 Å². The molecular weight excluding hydrogens is 342 g/mol. The molecule has 1 saturated heterocycles. The van der Waals surface area contributed by atoms with Crippen LogP contribution in [0.25, 0.3) is 0 Å². The molecule has 0 aliphatic carbocycles. The van der Waals surface area contributed by atoms with Crippen LogP contribution in [0.1, 0.15) is 43.6 Å². The molecule has 0 bridgehead atoms. The van der Waals surface area contributed by atoms with Gasteiger partial charge in [0.05, 0.1) is 17.7 Å². The number of hydrogen-bond donors (Lipinski definition) is 1. The summed E-state index contributed by atoms with van der Waals surface area (Å²) in [6, 6.07) is 14.2. The van der Waals surface area contributed by atoms with Gasteiger partial charge in [-0.05, 0) is 36.8 Å². The lowest BCUT2D eigenvalue weighted by atomic mass is 10.1. The predicted octanol–water partition coefficient (Wildman–Crippen LogP) is 1.92. The van der Waals surface area contributed by atoms with Crippen molar-refractivity contribution in [3.8, 4) is 0 Å². The summed E-state index contributed by atoms with van der Waals surface area (Å²) in [6.45, 7) is 4.41. The molecule has 2 aliphatic heterocycles. The Labute approximate surface area is 157 Å². The lowest BCUT2D eigenvalue weighted by Gasteiger charge is -2.34. The molecule has 27 heavy (non-hydrogen) atoms. The van der Waals surface area contributed by atoms with Gasteiger partial charge >= 0.3 is 0 Å². The SMILES string of the molecule is C[C@H]1CNCCN1C(=O)c1cccc(CN2C(=O)c3ccccc3C2=O)c1. The number of piperazine rings is 1. The second-order valence-electron chi connectivity index (χ2n) is 6.99. The van der Waals surface area contributed by atoms with Gasteiger partial charge in [-0.15, -0.1) is 0 Å². The third-order valence-corrected chi connectivity index (χ3v) is 5.15. The average molecular weight is 363 g/mol. The highest BCUT2D eigenvalue weighted by molar-refractivity contribution is 6.21. The molecule has 2 aliphatic rings. The van der Waals surface area contributed by atoms with E-state index in [-0.39, 0.29) is 30.3 Å². The molecule has 1 N–H and O–H groups in total. The van der Waals surface area contributed by atoms with Crippen molar-refractivity contribution in [3.63, 3.8) is 0 Å². The van der Waals surface area contributed by atoms with E-state index in [0.717, 1.165) is 18.7 Å². The van der Waals surface area contributed by atoms with Crippen LogP contribution in [0.4, 0.5) is 0 Å². The van der Waals surface area contributed by atoms with E-state index in [1.54, 1.807) is 42.5 Å². The number of amides is 3. The monoisotopic (exact) mass is 363 g/mol. The van der Waals surface area contributed by atoms with Crippen LogP contribution in [0.3, 0.4) is 0 Å². The second kappa shape index (κ2) is 6.96. The Bertz CT molecular complexity index is 889. The largest absolute Gasteiger partial charge is 0.333 e. The summed E-state index contributed by atoms with van der Waals surface area (Å²) >= 11 is 0. The van der Waals surface area contributed by atoms with E-state index in [2.05, 4.69) is 5.32 Å². The van der Waals surface area contributed by atoms with Gasteiger partial charge < -0.3 is 10.2 Å². The van der Waals surface area contributed by atoms with Crippen LogP contribution >= 0.6 is 0 Å². The summed E-state index contributed by atoms with van der Waals surface area (Å²) < 4.78 is 0. The average Bonchev–Trinajstić information content (AvgIpc) is 2.93. The molecule has 2 aromatic carbocycles. The lowest BCUT2D eigenvalue weighted by molar-refractivity contribution is 0.0640. The quantitative estimate of drug-likeness (QED) is 0.846. The number of fused-ring (bicyclic) bond motifs is 1. The van der Waals surface area contributed by atoms with Crippen LogP contribution in [0, 0.1) is 0 Å². The minimum Gasteiger partial charge on any atom is -0.333 e. The topological polar surface area (TPSA) is 69.7 Å². The number of rotatable bonds is 3. The standard InChI is InChI=1S/C21H21N3O3/c1-14-12-22-9-10-23(14)19(25)16-6-4-5-15(11-16)13-24-20(26)17-7-2-3-8-18(17)21(24)27/h2-8,11,14,22H,9-10,12-13H2,1H3/t14-/m0/s1. The fourth-order valence-electron chi connectivity index (χ4n) is 3.68. The summed E-state index contributed by atoms with van der Waals surface area (Å²) in [5.74, 6) is -0.598. The Morgan fingerprint density at radius 2 is 1.78 bits per heavy atom. The Hall–Kier alpha value is -2.99. The zero-order valence-corrected chi connectivity index (χ0v) is 15.1. The highest BCUT2D eigenvalue weighted by Gasteiger charge is 2.35. The van der Waals surface area contributed by atoms with E-state index in [0.29, 0.717) is 23.2 Å². The molecule has 2 aromatic rings. The van der Waals surface area contributed by atoms with E-state index in [1.807, 2.05) is 17.9 Å². The van der Waals surface area contributed by atoms with Crippen molar-refractivity contribution in [3.05, 3.63) is 70.8 Å². The molecule has 138 valence electrons. The Kier molecular flexibility index (Phi) is 4.49. The molecule has 2 heterocycles. The van der Waals surface area contributed by atoms with Crippen molar-refractivity contribution in [1.82, 2.24) is 15.1 Å². The Morgan fingerprint density at radius 3 is 2.44 bits per heavy atom. The van der Waals surface area contributed by atoms with Gasteiger partial charge in [-0.2, -0.15) is 0 Å². The summed E-state index contributed by atoms with van der Waals surface area (Å²) in [5, 5.41) is 3.27. The molecule has 0 radical (unpaired) electrons. The number of imide groups is 1. The Morgan fingerprint density at radius 1 is 1.07 bits per heavy atom. The summed E-state index contributed by atoms with van der Waals surface area (Å²) in [4.78, 5) is 41.0. The number of carbonyl (C=O) groups is 3. The van der Waals surface area contributed by atoms with Gasteiger partial charge in [-0.3, -0.25) is 19.3 Å². The maximum Gasteiger partial charge on any atom is 0.261 e. The van der Waals surface area contributed by atoms with E-state index in [4.69, 9.17) is 0 Å². The zero-order valence-electron chi connectivity index (χ0n) is 15.1. The normalized spacial score (nSPS) is 19.4. The molecule has 1 fully saturated rings. The third-order valence-electron chi connectivity index (χ3n) is 5.15. The van der Waals surface area contributed by atoms with Gasteiger partial charge in [-0.25, -0.2) is 0 Å². The van der Waals surface area contributed by atoms with Crippen molar-refractivity contribution in [2.45, 2.75) is 19.5 Å². The van der Waals surface area contributed by atoms with E-state index >= 15 is 0 Å².